The van der Waals surface area contributed by atoms with Crippen LogP contribution in [0.25, 0.3) is 0 Å². The molecule has 30 heavy (non-hydrogen) atoms. The van der Waals surface area contributed by atoms with E-state index in [0.29, 0.717) is 5.56 Å². The highest BCUT2D eigenvalue weighted by Crippen LogP contribution is 2.22. The largest absolute Gasteiger partial charge is 0.548 e. The molecule has 0 spiro atoms. The summed E-state index contributed by atoms with van der Waals surface area (Å²) >= 11 is 0. The van der Waals surface area contributed by atoms with E-state index in [-0.39, 0.29) is 50.0 Å². The number of carbonyl (C=O) groups excluding carboxylic acids is 1. The lowest BCUT2D eigenvalue weighted by Gasteiger charge is -2.16. The van der Waals surface area contributed by atoms with Crippen molar-refractivity contribution in [1.29, 1.82) is 0 Å². The molecule has 1 aromatic heterocycles. The van der Waals surface area contributed by atoms with Crippen LogP contribution in [0.2, 0.25) is 0 Å². The van der Waals surface area contributed by atoms with Crippen LogP contribution >= 0.6 is 0 Å². The molecule has 0 saturated heterocycles. The van der Waals surface area contributed by atoms with Crippen LogP contribution in [0.5, 0.6) is 5.75 Å². The Morgan fingerprint density at radius 3 is 2.10 bits per heavy atom. The Labute approximate surface area is 172 Å². The van der Waals surface area contributed by atoms with Gasteiger partial charge in [0.1, 0.15) is 18.2 Å². The normalized spacial score (nSPS) is 15.2. The Balaban J connectivity index is 3.04. The van der Waals surface area contributed by atoms with E-state index in [1.54, 1.807) is 0 Å². The highest BCUT2D eigenvalue weighted by atomic mass is 16.4. The second kappa shape index (κ2) is 11.4. The number of nitrogens with zero attached hydrogens (tertiary/aromatic N) is 1. The second-order valence-electron chi connectivity index (χ2n) is 7.13. The Bertz CT molecular complexity index is 773. The summed E-state index contributed by atoms with van der Waals surface area (Å²) < 4.78 is 1.43. The number of aryl methyl sites for hydroxylation is 1. The number of aliphatic hydroxyl groups is 1. The van der Waals surface area contributed by atoms with Gasteiger partial charge in [0.2, 0.25) is 6.20 Å². The van der Waals surface area contributed by atoms with E-state index in [1.807, 2.05) is 0 Å². The molecule has 0 aromatic carbocycles. The molecule has 168 valence electrons. The third-order valence-corrected chi connectivity index (χ3v) is 4.62. The number of hydrogen-bond donors (Lipinski definition) is 7. The molecule has 0 radical (unpaired) electrons. The summed E-state index contributed by atoms with van der Waals surface area (Å²) in [6.07, 6.45) is 1.82. The van der Waals surface area contributed by atoms with Gasteiger partial charge in [0, 0.05) is 23.6 Å². The van der Waals surface area contributed by atoms with Crippen LogP contribution in [0.3, 0.4) is 0 Å². The first-order valence-corrected chi connectivity index (χ1v) is 9.27. The van der Waals surface area contributed by atoms with E-state index in [4.69, 9.17) is 27.4 Å². The van der Waals surface area contributed by atoms with E-state index in [2.05, 4.69) is 0 Å². The maximum atomic E-state index is 11.1. The minimum atomic E-state index is -1.43. The zero-order valence-corrected chi connectivity index (χ0v) is 16.3. The summed E-state index contributed by atoms with van der Waals surface area (Å²) in [5, 5.41) is 49.1. The number of pyridine rings is 1. The predicted molar refractivity (Wildman–Crippen MR) is 99.8 cm³/mol. The molecule has 0 amide bonds. The SMILES string of the molecule is NC(CCC(O)C[n+]1cc(O)c(CC(N)C(=O)O)c(CCC(N)C(=O)O)c1)C(=O)[O-]. The molecule has 0 aliphatic heterocycles. The fourth-order valence-electron chi connectivity index (χ4n) is 2.84. The first kappa shape index (κ1) is 25.2. The molecule has 12 nitrogen and oxygen atoms in total. The van der Waals surface area contributed by atoms with Crippen LogP contribution in [-0.4, -0.2) is 62.6 Å². The molecule has 0 fully saturated rings. The summed E-state index contributed by atoms with van der Waals surface area (Å²) in [7, 11) is 0. The van der Waals surface area contributed by atoms with Gasteiger partial charge in [-0.1, -0.05) is 0 Å². The van der Waals surface area contributed by atoms with E-state index < -0.39 is 42.1 Å². The minimum absolute atomic E-state index is 0.0120. The van der Waals surface area contributed by atoms with Gasteiger partial charge in [0.25, 0.3) is 0 Å². The fourth-order valence-corrected chi connectivity index (χ4v) is 2.84. The van der Waals surface area contributed by atoms with Gasteiger partial charge in [0.05, 0.1) is 5.97 Å². The van der Waals surface area contributed by atoms with Crippen molar-refractivity contribution < 1.29 is 44.5 Å². The summed E-state index contributed by atoms with van der Waals surface area (Å²) in [6.45, 7) is -0.0173. The van der Waals surface area contributed by atoms with Crippen molar-refractivity contribution in [2.24, 2.45) is 17.2 Å². The van der Waals surface area contributed by atoms with Gasteiger partial charge in [-0.15, -0.1) is 0 Å². The lowest BCUT2D eigenvalue weighted by molar-refractivity contribution is -0.704. The van der Waals surface area contributed by atoms with Crippen LogP contribution in [0.4, 0.5) is 0 Å². The van der Waals surface area contributed by atoms with Crippen molar-refractivity contribution in [3.8, 4) is 5.75 Å². The van der Waals surface area contributed by atoms with Gasteiger partial charge in [-0.05, 0) is 25.7 Å². The molecule has 4 unspecified atom stereocenters. The summed E-state index contributed by atoms with van der Waals surface area (Å²) in [5.74, 6) is -4.17. The maximum Gasteiger partial charge on any atom is 0.320 e. The predicted octanol–water partition coefficient (Wildman–Crippen LogP) is -3.80. The number of nitrogens with two attached hydrogens (primary N) is 3. The van der Waals surface area contributed by atoms with Gasteiger partial charge < -0.3 is 47.5 Å². The maximum absolute atomic E-state index is 11.1. The number of carbonyl (C=O) groups is 3. The summed E-state index contributed by atoms with van der Waals surface area (Å²) in [6, 6.07) is -3.65. The molecule has 10 N–H and O–H groups in total. The molecule has 0 bridgehead atoms. The van der Waals surface area contributed by atoms with Crippen LogP contribution < -0.4 is 26.9 Å². The zero-order chi connectivity index (χ0) is 23.0. The number of aliphatic carboxylic acids is 3. The quantitative estimate of drug-likeness (QED) is 0.150. The molecule has 1 heterocycles. The third kappa shape index (κ3) is 7.91. The zero-order valence-electron chi connectivity index (χ0n) is 16.3. The monoisotopic (exact) mass is 428 g/mol. The summed E-state index contributed by atoms with van der Waals surface area (Å²) in [4.78, 5) is 32.7. The number of rotatable bonds is 13. The van der Waals surface area contributed by atoms with E-state index in [1.165, 1.54) is 17.0 Å². The Morgan fingerprint density at radius 2 is 1.57 bits per heavy atom. The number of carboxylic acids is 3. The van der Waals surface area contributed by atoms with Crippen molar-refractivity contribution in [2.75, 3.05) is 0 Å². The van der Waals surface area contributed by atoms with Gasteiger partial charge >= 0.3 is 11.9 Å². The molecular formula is C18H28N4O8. The lowest BCUT2D eigenvalue weighted by atomic mass is 9.96. The molecule has 4 atom stereocenters. The molecule has 12 heteroatoms. The molecule has 0 aliphatic rings. The fraction of sp³-hybridized carbons (Fsp3) is 0.556. The Hall–Kier alpha value is -2.80. The van der Waals surface area contributed by atoms with Crippen LogP contribution in [0, 0.1) is 0 Å². The highest BCUT2D eigenvalue weighted by Gasteiger charge is 2.24. The van der Waals surface area contributed by atoms with E-state index in [0.717, 1.165) is 0 Å². The topological polar surface area (TPSA) is 237 Å². The van der Waals surface area contributed by atoms with Crippen molar-refractivity contribution in [3.63, 3.8) is 0 Å². The van der Waals surface area contributed by atoms with Gasteiger partial charge in [0.15, 0.2) is 18.5 Å². The molecule has 1 aromatic rings. The average Bonchev–Trinajstić information content (AvgIpc) is 2.65. The number of aliphatic hydroxyl groups excluding tert-OH is 1. The molecular weight excluding hydrogens is 400 g/mol. The van der Waals surface area contributed by atoms with Gasteiger partial charge in [-0.3, -0.25) is 9.59 Å². The standard InChI is InChI=1S/C18H28N4O8/c19-12(16(25)26)3-1-9-6-22(7-10(23)2-4-13(20)17(27)28)8-15(24)11(9)5-14(21)18(29)30/h6,8,10,12-14,23H,1-5,7,19-21H2,(H3-,24,25,26,27,28,29,30). The third-order valence-electron chi connectivity index (χ3n) is 4.62. The molecule has 0 aliphatic carbocycles. The Morgan fingerprint density at radius 1 is 0.967 bits per heavy atom. The van der Waals surface area contributed by atoms with E-state index >= 15 is 0 Å². The summed E-state index contributed by atoms with van der Waals surface area (Å²) in [5.41, 5.74) is 17.1. The van der Waals surface area contributed by atoms with Crippen molar-refractivity contribution in [3.05, 3.63) is 23.5 Å². The first-order chi connectivity index (χ1) is 13.9. The van der Waals surface area contributed by atoms with Crippen molar-refractivity contribution in [1.82, 2.24) is 0 Å². The highest BCUT2D eigenvalue weighted by molar-refractivity contribution is 5.74. The van der Waals surface area contributed by atoms with Crippen LogP contribution in [0.1, 0.15) is 30.4 Å². The Kier molecular flexibility index (Phi) is 9.59. The van der Waals surface area contributed by atoms with Crippen molar-refractivity contribution in [2.45, 2.75) is 62.9 Å². The number of aromatic hydroxyl groups is 1. The van der Waals surface area contributed by atoms with Crippen molar-refractivity contribution >= 4 is 17.9 Å². The van der Waals surface area contributed by atoms with Gasteiger partial charge in [-0.2, -0.15) is 4.57 Å². The lowest BCUT2D eigenvalue weighted by Crippen LogP contribution is -2.44. The second-order valence-corrected chi connectivity index (χ2v) is 7.13. The minimum Gasteiger partial charge on any atom is -0.548 e. The number of carboxylic acid groups (broad SMARTS) is 3. The van der Waals surface area contributed by atoms with E-state index in [9.17, 15) is 29.7 Å². The first-order valence-electron chi connectivity index (χ1n) is 9.27. The average molecular weight is 428 g/mol. The van der Waals surface area contributed by atoms with Crippen LogP contribution in [0.15, 0.2) is 12.4 Å². The van der Waals surface area contributed by atoms with Crippen LogP contribution in [-0.2, 0) is 33.8 Å². The smallest absolute Gasteiger partial charge is 0.320 e. The van der Waals surface area contributed by atoms with Gasteiger partial charge in [-0.25, -0.2) is 0 Å². The molecule has 0 saturated carbocycles. The molecule has 1 rings (SSSR count). The number of hydrogen-bond acceptors (Lipinski definition) is 9. The number of aromatic nitrogens is 1.